The summed E-state index contributed by atoms with van der Waals surface area (Å²) in [6, 6.07) is 3.22. The van der Waals surface area contributed by atoms with Crippen LogP contribution in [-0.4, -0.2) is 45.1 Å². The van der Waals surface area contributed by atoms with Crippen molar-refractivity contribution in [2.24, 2.45) is 0 Å². The Bertz CT molecular complexity index is 991. The summed E-state index contributed by atoms with van der Waals surface area (Å²) >= 11 is 0. The topological polar surface area (TPSA) is 113 Å². The molecule has 3 aromatic rings. The number of hydrogen-bond donors (Lipinski definition) is 2. The third-order valence-electron chi connectivity index (χ3n) is 4.21. The van der Waals surface area contributed by atoms with E-state index in [1.807, 2.05) is 10.9 Å². The molecule has 3 N–H and O–H groups in total. The fourth-order valence-corrected chi connectivity index (χ4v) is 2.72. The molecule has 11 heteroatoms. The summed E-state index contributed by atoms with van der Waals surface area (Å²) in [5.41, 5.74) is 7.15. The van der Waals surface area contributed by atoms with Gasteiger partial charge in [0.2, 0.25) is 0 Å². The number of halogens is 2. The van der Waals surface area contributed by atoms with E-state index in [-0.39, 0.29) is 17.7 Å². The van der Waals surface area contributed by atoms with E-state index in [1.54, 1.807) is 18.5 Å². The van der Waals surface area contributed by atoms with Crippen LogP contribution in [0, 0.1) is 0 Å². The largest absolute Gasteiger partial charge is 0.496 e. The smallest absolute Gasteiger partial charge is 0.297 e. The summed E-state index contributed by atoms with van der Waals surface area (Å²) in [4.78, 5) is 11.6. The molecule has 4 rings (SSSR count). The Kier molecular flexibility index (Phi) is 4.74. The van der Waals surface area contributed by atoms with Crippen LogP contribution in [0.1, 0.15) is 18.3 Å². The average molecular weight is 389 g/mol. The first kappa shape index (κ1) is 18.0. The van der Waals surface area contributed by atoms with Gasteiger partial charge in [-0.25, -0.2) is 23.7 Å². The Balaban J connectivity index is 1.59. The van der Waals surface area contributed by atoms with Crippen molar-refractivity contribution in [3.8, 4) is 16.9 Å². The maximum Gasteiger partial charge on any atom is 0.297 e. The van der Waals surface area contributed by atoms with Gasteiger partial charge in [-0.1, -0.05) is 0 Å². The first-order chi connectivity index (χ1) is 13.5. The summed E-state index contributed by atoms with van der Waals surface area (Å²) in [7, 11) is 1.53. The number of ether oxygens (including phenoxy) is 2. The third-order valence-corrected chi connectivity index (χ3v) is 4.21. The minimum atomic E-state index is -2.83. The van der Waals surface area contributed by atoms with E-state index >= 15 is 0 Å². The molecule has 1 aliphatic rings. The van der Waals surface area contributed by atoms with Crippen LogP contribution >= 0.6 is 0 Å². The molecule has 1 saturated heterocycles. The SMILES string of the molecule is COc1cc(Nc2cc(N)nc(C(F)F)n2)ncc1-c1cnn(C2COC2)c1. The molecule has 1 fully saturated rings. The first-order valence-corrected chi connectivity index (χ1v) is 8.39. The first-order valence-electron chi connectivity index (χ1n) is 8.39. The fourth-order valence-electron chi connectivity index (χ4n) is 2.72. The second kappa shape index (κ2) is 7.35. The lowest BCUT2D eigenvalue weighted by Gasteiger charge is -2.25. The number of aromatic nitrogens is 5. The summed E-state index contributed by atoms with van der Waals surface area (Å²) in [6.45, 7) is 1.28. The maximum atomic E-state index is 12.9. The summed E-state index contributed by atoms with van der Waals surface area (Å²) < 4.78 is 38.2. The third kappa shape index (κ3) is 3.56. The zero-order valence-corrected chi connectivity index (χ0v) is 14.8. The van der Waals surface area contributed by atoms with Gasteiger partial charge < -0.3 is 20.5 Å². The minimum Gasteiger partial charge on any atom is -0.496 e. The molecule has 0 atom stereocenters. The van der Waals surface area contributed by atoms with Gasteiger partial charge in [0.25, 0.3) is 6.43 Å². The van der Waals surface area contributed by atoms with Gasteiger partial charge in [0.15, 0.2) is 5.82 Å². The Morgan fingerprint density at radius 1 is 1.25 bits per heavy atom. The number of nitrogens with zero attached hydrogens (tertiary/aromatic N) is 5. The molecule has 0 spiro atoms. The lowest BCUT2D eigenvalue weighted by atomic mass is 10.1. The molecule has 0 bridgehead atoms. The van der Waals surface area contributed by atoms with E-state index in [4.69, 9.17) is 15.2 Å². The minimum absolute atomic E-state index is 0.0660. The van der Waals surface area contributed by atoms with Crippen LogP contribution in [0.3, 0.4) is 0 Å². The van der Waals surface area contributed by atoms with Gasteiger partial charge in [0.05, 0.1) is 32.6 Å². The number of rotatable bonds is 6. The number of nitrogens with one attached hydrogen (secondary N) is 1. The van der Waals surface area contributed by atoms with Gasteiger partial charge >= 0.3 is 0 Å². The standard InChI is InChI=1S/C17H17F2N7O2/c1-27-12-2-14(24-15-3-13(20)23-17(25-15)16(18)19)21-5-11(12)9-4-22-26(6-9)10-7-28-8-10/h2-6,10,16H,7-8H2,1H3,(H3,20,21,23,24,25). The van der Waals surface area contributed by atoms with Crippen LogP contribution < -0.4 is 15.8 Å². The lowest BCUT2D eigenvalue weighted by molar-refractivity contribution is -0.0286. The highest BCUT2D eigenvalue weighted by atomic mass is 19.3. The predicted molar refractivity (Wildman–Crippen MR) is 96.6 cm³/mol. The predicted octanol–water partition coefficient (Wildman–Crippen LogP) is 2.58. The Morgan fingerprint density at radius 3 is 2.75 bits per heavy atom. The van der Waals surface area contributed by atoms with Gasteiger partial charge in [0, 0.05) is 35.7 Å². The van der Waals surface area contributed by atoms with Gasteiger partial charge in [-0.05, 0) is 0 Å². The van der Waals surface area contributed by atoms with E-state index in [0.29, 0.717) is 24.8 Å². The van der Waals surface area contributed by atoms with E-state index in [2.05, 4.69) is 25.4 Å². The summed E-state index contributed by atoms with van der Waals surface area (Å²) in [6.07, 6.45) is 2.41. The number of alkyl halides is 2. The van der Waals surface area contributed by atoms with Crippen LogP contribution in [0.5, 0.6) is 5.75 Å². The molecule has 0 aliphatic carbocycles. The van der Waals surface area contributed by atoms with Crippen molar-refractivity contribution in [2.75, 3.05) is 31.4 Å². The second-order valence-electron chi connectivity index (χ2n) is 6.13. The zero-order chi connectivity index (χ0) is 19.7. The van der Waals surface area contributed by atoms with Crippen LogP contribution in [0.25, 0.3) is 11.1 Å². The Hall–Kier alpha value is -3.34. The molecule has 9 nitrogen and oxygen atoms in total. The highest BCUT2D eigenvalue weighted by Crippen LogP contribution is 2.32. The van der Waals surface area contributed by atoms with Crippen molar-refractivity contribution >= 4 is 17.5 Å². The van der Waals surface area contributed by atoms with Gasteiger partial charge in [0.1, 0.15) is 23.2 Å². The highest BCUT2D eigenvalue weighted by Gasteiger charge is 2.22. The van der Waals surface area contributed by atoms with Crippen molar-refractivity contribution in [1.29, 1.82) is 0 Å². The molecular weight excluding hydrogens is 372 g/mol. The summed E-state index contributed by atoms with van der Waals surface area (Å²) in [5.74, 6) is 0.293. The van der Waals surface area contributed by atoms with Crippen LogP contribution in [-0.2, 0) is 4.74 Å². The second-order valence-corrected chi connectivity index (χ2v) is 6.13. The maximum absolute atomic E-state index is 12.9. The normalized spacial score (nSPS) is 14.1. The molecule has 0 radical (unpaired) electrons. The highest BCUT2D eigenvalue weighted by molar-refractivity contribution is 5.71. The van der Waals surface area contributed by atoms with E-state index in [0.717, 1.165) is 11.1 Å². The number of hydrogen-bond acceptors (Lipinski definition) is 8. The Labute approximate surface area is 158 Å². The van der Waals surface area contributed by atoms with E-state index in [9.17, 15) is 8.78 Å². The lowest BCUT2D eigenvalue weighted by Crippen LogP contribution is -2.30. The number of anilines is 3. The van der Waals surface area contributed by atoms with Crippen LogP contribution in [0.15, 0.2) is 30.7 Å². The number of nitrogens with two attached hydrogens (primary N) is 1. The van der Waals surface area contributed by atoms with Crippen LogP contribution in [0.4, 0.5) is 26.2 Å². The van der Waals surface area contributed by atoms with Crippen molar-refractivity contribution in [3.05, 3.63) is 36.5 Å². The average Bonchev–Trinajstić information content (AvgIpc) is 3.08. The number of pyridine rings is 1. The molecule has 1 aliphatic heterocycles. The molecule has 4 heterocycles. The van der Waals surface area contributed by atoms with Crippen molar-refractivity contribution in [2.45, 2.75) is 12.5 Å². The number of methoxy groups -OCH3 is 1. The summed E-state index contributed by atoms with van der Waals surface area (Å²) in [5, 5.41) is 7.19. The number of nitrogen functional groups attached to an aromatic ring is 1. The molecular formula is C17H17F2N7O2. The molecule has 3 aromatic heterocycles. The quantitative estimate of drug-likeness (QED) is 0.661. The molecule has 0 aromatic carbocycles. The molecule has 0 saturated carbocycles. The van der Waals surface area contributed by atoms with Crippen LogP contribution in [0.2, 0.25) is 0 Å². The Morgan fingerprint density at radius 2 is 2.07 bits per heavy atom. The van der Waals surface area contributed by atoms with E-state index in [1.165, 1.54) is 13.2 Å². The monoisotopic (exact) mass is 389 g/mol. The molecule has 146 valence electrons. The molecule has 28 heavy (non-hydrogen) atoms. The van der Waals surface area contributed by atoms with Crippen molar-refractivity contribution in [3.63, 3.8) is 0 Å². The van der Waals surface area contributed by atoms with Crippen molar-refractivity contribution < 1.29 is 18.3 Å². The molecule has 0 unspecified atom stereocenters. The van der Waals surface area contributed by atoms with Gasteiger partial charge in [-0.2, -0.15) is 5.10 Å². The molecule has 0 amide bonds. The van der Waals surface area contributed by atoms with Gasteiger partial charge in [-0.3, -0.25) is 4.68 Å². The van der Waals surface area contributed by atoms with E-state index < -0.39 is 12.2 Å². The van der Waals surface area contributed by atoms with Gasteiger partial charge in [-0.15, -0.1) is 0 Å². The fraction of sp³-hybridized carbons (Fsp3) is 0.294. The zero-order valence-electron chi connectivity index (χ0n) is 14.8. The van der Waals surface area contributed by atoms with Crippen molar-refractivity contribution in [1.82, 2.24) is 24.7 Å².